The summed E-state index contributed by atoms with van der Waals surface area (Å²) in [6.07, 6.45) is 10.4. The van der Waals surface area contributed by atoms with Gasteiger partial charge in [-0.05, 0) is 66.3 Å². The van der Waals surface area contributed by atoms with Crippen LogP contribution in [0.2, 0.25) is 0 Å². The van der Waals surface area contributed by atoms with E-state index in [-0.39, 0.29) is 5.97 Å². The molecule has 2 aliphatic carbocycles. The van der Waals surface area contributed by atoms with Gasteiger partial charge in [0.2, 0.25) is 0 Å². The van der Waals surface area contributed by atoms with Crippen LogP contribution in [0.4, 0.5) is 0 Å². The quantitative estimate of drug-likeness (QED) is 0.456. The second-order valence-electron chi connectivity index (χ2n) is 9.36. The van der Waals surface area contributed by atoms with Crippen LogP contribution in [-0.4, -0.2) is 26.8 Å². The molecular weight excluding hydrogens is 312 g/mol. The van der Waals surface area contributed by atoms with Crippen molar-refractivity contribution < 1.29 is 14.3 Å². The lowest BCUT2D eigenvalue weighted by molar-refractivity contribution is -0.141. The van der Waals surface area contributed by atoms with E-state index in [0.717, 1.165) is 25.4 Å². The number of hydrogen-bond donors (Lipinski definition) is 0. The molecule has 0 unspecified atom stereocenters. The molecule has 4 atom stereocenters. The molecule has 0 bridgehead atoms. The Hall–Kier alpha value is -0.830. The summed E-state index contributed by atoms with van der Waals surface area (Å²) in [7, 11) is 3.28. The van der Waals surface area contributed by atoms with Gasteiger partial charge in [0, 0.05) is 13.5 Å². The van der Waals surface area contributed by atoms with Crippen LogP contribution < -0.4 is 0 Å². The van der Waals surface area contributed by atoms with Gasteiger partial charge < -0.3 is 9.47 Å². The molecule has 25 heavy (non-hydrogen) atoms. The highest BCUT2D eigenvalue weighted by molar-refractivity contribution is 5.69. The van der Waals surface area contributed by atoms with E-state index >= 15 is 0 Å². The lowest BCUT2D eigenvalue weighted by Gasteiger charge is -2.57. The van der Waals surface area contributed by atoms with E-state index in [9.17, 15) is 4.79 Å². The van der Waals surface area contributed by atoms with Crippen molar-refractivity contribution in [1.29, 1.82) is 0 Å². The molecule has 3 heteroatoms. The number of allylic oxidation sites excluding steroid dienone is 1. The van der Waals surface area contributed by atoms with Crippen LogP contribution in [0.5, 0.6) is 0 Å². The van der Waals surface area contributed by atoms with Crippen molar-refractivity contribution in [2.45, 2.75) is 72.6 Å². The lowest BCUT2D eigenvalue weighted by Crippen LogP contribution is -2.49. The maximum atomic E-state index is 11.6. The Morgan fingerprint density at radius 1 is 1.28 bits per heavy atom. The Bertz CT molecular complexity index is 494. The van der Waals surface area contributed by atoms with Gasteiger partial charge in [-0.2, -0.15) is 0 Å². The molecule has 0 heterocycles. The van der Waals surface area contributed by atoms with Crippen molar-refractivity contribution in [2.24, 2.45) is 28.6 Å². The minimum absolute atomic E-state index is 0.0910. The fourth-order valence-corrected chi connectivity index (χ4v) is 5.77. The minimum Gasteiger partial charge on any atom is -0.469 e. The van der Waals surface area contributed by atoms with Gasteiger partial charge in [0.1, 0.15) is 0 Å². The zero-order valence-corrected chi connectivity index (χ0v) is 17.2. The van der Waals surface area contributed by atoms with Gasteiger partial charge in [0.25, 0.3) is 0 Å². The Balaban J connectivity index is 2.16. The van der Waals surface area contributed by atoms with Crippen molar-refractivity contribution in [3.05, 3.63) is 11.6 Å². The summed E-state index contributed by atoms with van der Waals surface area (Å²) in [5.74, 6) is 1.60. The van der Waals surface area contributed by atoms with E-state index in [1.165, 1.54) is 38.4 Å². The normalized spacial score (nSPS) is 32.5. The molecule has 1 fully saturated rings. The molecule has 0 N–H and O–H groups in total. The predicted octanol–water partition coefficient (Wildman–Crippen LogP) is 5.39. The SMILES string of the molecule is COCC1=CC[C@H]2C(C)(C)CCC[C@]2(C)[C@H]1CC[C@H](C)CC(=O)OC. The molecule has 0 radical (unpaired) electrons. The Labute approximate surface area is 154 Å². The summed E-state index contributed by atoms with van der Waals surface area (Å²) >= 11 is 0. The van der Waals surface area contributed by atoms with E-state index in [1.807, 2.05) is 0 Å². The van der Waals surface area contributed by atoms with Gasteiger partial charge in [-0.15, -0.1) is 0 Å². The number of rotatable bonds is 7. The zero-order valence-electron chi connectivity index (χ0n) is 17.2. The van der Waals surface area contributed by atoms with Crippen molar-refractivity contribution >= 4 is 5.97 Å². The highest BCUT2D eigenvalue weighted by atomic mass is 16.5. The molecule has 0 spiro atoms. The van der Waals surface area contributed by atoms with Gasteiger partial charge in [0.15, 0.2) is 0 Å². The molecule has 3 nitrogen and oxygen atoms in total. The molecule has 1 saturated carbocycles. The van der Waals surface area contributed by atoms with E-state index in [0.29, 0.717) is 29.1 Å². The lowest BCUT2D eigenvalue weighted by atomic mass is 9.48. The number of fused-ring (bicyclic) bond motifs is 1. The number of methoxy groups -OCH3 is 2. The van der Waals surface area contributed by atoms with Gasteiger partial charge in [0.05, 0.1) is 13.7 Å². The van der Waals surface area contributed by atoms with Crippen molar-refractivity contribution in [2.75, 3.05) is 20.8 Å². The fraction of sp³-hybridized carbons (Fsp3) is 0.864. The maximum absolute atomic E-state index is 11.6. The first kappa shape index (κ1) is 20.5. The summed E-state index contributed by atoms with van der Waals surface area (Å²) in [6.45, 7) is 10.4. The number of carbonyl (C=O) groups is 1. The molecule has 0 aromatic carbocycles. The number of hydrogen-bond acceptors (Lipinski definition) is 3. The third kappa shape index (κ3) is 4.48. The highest BCUT2D eigenvalue weighted by Crippen LogP contribution is 2.60. The highest BCUT2D eigenvalue weighted by Gasteiger charge is 2.52. The first-order valence-corrected chi connectivity index (χ1v) is 9.99. The minimum atomic E-state index is -0.0910. The molecule has 2 aliphatic rings. The van der Waals surface area contributed by atoms with Crippen LogP contribution in [-0.2, 0) is 14.3 Å². The van der Waals surface area contributed by atoms with Gasteiger partial charge >= 0.3 is 5.97 Å². The Morgan fingerprint density at radius 3 is 2.64 bits per heavy atom. The Morgan fingerprint density at radius 2 is 2.00 bits per heavy atom. The van der Waals surface area contributed by atoms with E-state index < -0.39 is 0 Å². The van der Waals surface area contributed by atoms with Gasteiger partial charge in [-0.1, -0.05) is 40.2 Å². The van der Waals surface area contributed by atoms with Crippen LogP contribution in [0.25, 0.3) is 0 Å². The maximum Gasteiger partial charge on any atom is 0.305 e. The number of esters is 1. The molecule has 0 aliphatic heterocycles. The summed E-state index contributed by atoms with van der Waals surface area (Å²) in [5.41, 5.74) is 2.26. The molecule has 144 valence electrons. The van der Waals surface area contributed by atoms with Crippen molar-refractivity contribution in [1.82, 2.24) is 0 Å². The smallest absolute Gasteiger partial charge is 0.305 e. The number of carbonyl (C=O) groups excluding carboxylic acids is 1. The first-order valence-electron chi connectivity index (χ1n) is 9.99. The van der Waals surface area contributed by atoms with Crippen LogP contribution in [0.15, 0.2) is 11.6 Å². The Kier molecular flexibility index (Phi) is 6.75. The van der Waals surface area contributed by atoms with Gasteiger partial charge in [-0.3, -0.25) is 4.79 Å². The van der Waals surface area contributed by atoms with E-state index in [4.69, 9.17) is 9.47 Å². The molecule has 0 aromatic heterocycles. The van der Waals surface area contributed by atoms with E-state index in [1.54, 1.807) is 7.11 Å². The first-order chi connectivity index (χ1) is 11.7. The summed E-state index contributed by atoms with van der Waals surface area (Å²) in [4.78, 5) is 11.6. The van der Waals surface area contributed by atoms with Crippen LogP contribution in [0, 0.1) is 28.6 Å². The summed E-state index contributed by atoms with van der Waals surface area (Å²) in [6, 6.07) is 0. The fourth-order valence-electron chi connectivity index (χ4n) is 5.77. The number of ether oxygens (including phenoxy) is 2. The average molecular weight is 351 g/mol. The summed E-state index contributed by atoms with van der Waals surface area (Å²) < 4.78 is 10.4. The van der Waals surface area contributed by atoms with Crippen LogP contribution >= 0.6 is 0 Å². The molecule has 0 aromatic rings. The second-order valence-corrected chi connectivity index (χ2v) is 9.36. The molecule has 2 rings (SSSR count). The van der Waals surface area contributed by atoms with E-state index in [2.05, 4.69) is 33.8 Å². The molecular formula is C22H38O3. The second kappa shape index (κ2) is 8.24. The predicted molar refractivity (Wildman–Crippen MR) is 102 cm³/mol. The summed E-state index contributed by atoms with van der Waals surface area (Å²) in [5, 5.41) is 0. The topological polar surface area (TPSA) is 35.5 Å². The third-order valence-electron chi connectivity index (χ3n) is 7.14. The largest absolute Gasteiger partial charge is 0.469 e. The van der Waals surface area contributed by atoms with Gasteiger partial charge in [-0.25, -0.2) is 0 Å². The monoisotopic (exact) mass is 350 g/mol. The average Bonchev–Trinajstić information content (AvgIpc) is 2.53. The van der Waals surface area contributed by atoms with Crippen LogP contribution in [0.3, 0.4) is 0 Å². The van der Waals surface area contributed by atoms with Crippen molar-refractivity contribution in [3.8, 4) is 0 Å². The molecule has 0 amide bonds. The third-order valence-corrected chi connectivity index (χ3v) is 7.14. The molecule has 0 saturated heterocycles. The van der Waals surface area contributed by atoms with Crippen LogP contribution in [0.1, 0.15) is 72.6 Å². The van der Waals surface area contributed by atoms with Crippen molar-refractivity contribution in [3.63, 3.8) is 0 Å². The zero-order chi connectivity index (χ0) is 18.7. The standard InChI is InChI=1S/C22H38O3/c1-16(14-20(23)25-6)8-10-18-17(15-24-5)9-11-19-21(2,3)12-7-13-22(18,19)4/h9,16,18-19H,7-8,10-15H2,1-6H3/t16-,18-,19-,22+/m0/s1.